The van der Waals surface area contributed by atoms with Crippen LogP contribution in [-0.4, -0.2) is 10.2 Å². The molecule has 15 heavy (non-hydrogen) atoms. The predicted molar refractivity (Wildman–Crippen MR) is 70.7 cm³/mol. The molecular weight excluding hydrogens is 371 g/mol. The van der Waals surface area contributed by atoms with Crippen LogP contribution in [0.15, 0.2) is 39.6 Å². The Bertz CT molecular complexity index is 536. The van der Waals surface area contributed by atoms with Crippen molar-refractivity contribution in [1.29, 1.82) is 0 Å². The number of rotatable bonds is 1. The van der Waals surface area contributed by atoms with Gasteiger partial charge in [0.25, 0.3) is 5.56 Å². The largest absolute Gasteiger partial charge is 0.278 e. The minimum atomic E-state index is -0.218. The van der Waals surface area contributed by atoms with Crippen molar-refractivity contribution in [3.05, 3.63) is 48.7 Å². The Morgan fingerprint density at radius 1 is 1.27 bits per heavy atom. The molecule has 0 fully saturated rings. The van der Waals surface area contributed by atoms with Gasteiger partial charge in [0, 0.05) is 9.13 Å². The summed E-state index contributed by atoms with van der Waals surface area (Å²) in [7, 11) is 0. The highest BCUT2D eigenvalue weighted by atomic mass is 127. The Balaban J connectivity index is 2.50. The van der Waals surface area contributed by atoms with Gasteiger partial charge in [0.1, 0.15) is 0 Å². The first-order valence-corrected chi connectivity index (χ1v) is 6.05. The zero-order valence-electron chi connectivity index (χ0n) is 7.50. The normalized spacial score (nSPS) is 10.3. The third-order valence-corrected chi connectivity index (χ3v) is 3.21. The van der Waals surface area contributed by atoms with E-state index in [1.165, 1.54) is 3.57 Å². The Morgan fingerprint density at radius 2 is 1.93 bits per heavy atom. The summed E-state index contributed by atoms with van der Waals surface area (Å²) in [6.07, 6.45) is 0. The monoisotopic (exact) mass is 376 g/mol. The molecule has 76 valence electrons. The SMILES string of the molecule is O=c1[nH]nc(-c2ccc(I)cc2)cc1Br. The number of H-pyrrole nitrogens is 1. The number of nitrogens with one attached hydrogen (secondary N) is 1. The molecule has 1 aromatic carbocycles. The van der Waals surface area contributed by atoms with Gasteiger partial charge in [0.2, 0.25) is 0 Å². The Kier molecular flexibility index (Phi) is 3.20. The fourth-order valence-electron chi connectivity index (χ4n) is 1.15. The zero-order valence-corrected chi connectivity index (χ0v) is 11.2. The van der Waals surface area contributed by atoms with Crippen molar-refractivity contribution in [2.75, 3.05) is 0 Å². The quantitative estimate of drug-likeness (QED) is 0.778. The standard InChI is InChI=1S/C10H6BrIN2O/c11-8-5-9(13-14-10(8)15)6-1-3-7(12)4-2-6/h1-5H,(H,14,15). The van der Waals surface area contributed by atoms with E-state index in [-0.39, 0.29) is 5.56 Å². The highest BCUT2D eigenvalue weighted by Gasteiger charge is 2.02. The second-order valence-corrected chi connectivity index (χ2v) is 5.04. The molecule has 1 N–H and O–H groups in total. The zero-order chi connectivity index (χ0) is 10.8. The molecule has 3 nitrogen and oxygen atoms in total. The minimum absolute atomic E-state index is 0.218. The van der Waals surface area contributed by atoms with Crippen molar-refractivity contribution >= 4 is 38.5 Å². The summed E-state index contributed by atoms with van der Waals surface area (Å²) < 4.78 is 1.66. The van der Waals surface area contributed by atoms with Gasteiger partial charge in [0.15, 0.2) is 0 Å². The lowest BCUT2D eigenvalue weighted by Crippen LogP contribution is -2.08. The van der Waals surface area contributed by atoms with Crippen LogP contribution in [0, 0.1) is 3.57 Å². The van der Waals surface area contributed by atoms with Crippen LogP contribution in [-0.2, 0) is 0 Å². The highest BCUT2D eigenvalue weighted by molar-refractivity contribution is 14.1. The van der Waals surface area contributed by atoms with Gasteiger partial charge in [0.05, 0.1) is 10.2 Å². The number of benzene rings is 1. The first-order valence-electron chi connectivity index (χ1n) is 4.18. The predicted octanol–water partition coefficient (Wildman–Crippen LogP) is 2.80. The van der Waals surface area contributed by atoms with E-state index in [2.05, 4.69) is 48.7 Å². The molecule has 2 rings (SSSR count). The molecule has 0 spiro atoms. The number of aromatic nitrogens is 2. The van der Waals surface area contributed by atoms with Gasteiger partial charge in [-0.15, -0.1) is 0 Å². The van der Waals surface area contributed by atoms with E-state index in [0.717, 1.165) is 11.3 Å². The van der Waals surface area contributed by atoms with Crippen molar-refractivity contribution in [3.63, 3.8) is 0 Å². The average molecular weight is 377 g/mol. The minimum Gasteiger partial charge on any atom is -0.267 e. The van der Waals surface area contributed by atoms with Crippen LogP contribution in [0.2, 0.25) is 0 Å². The average Bonchev–Trinajstić information content (AvgIpc) is 2.23. The molecule has 0 amide bonds. The number of hydrogen-bond acceptors (Lipinski definition) is 2. The summed E-state index contributed by atoms with van der Waals surface area (Å²) in [5.41, 5.74) is 1.51. The summed E-state index contributed by atoms with van der Waals surface area (Å²) >= 11 is 5.41. The molecule has 0 aliphatic carbocycles. The van der Waals surface area contributed by atoms with Crippen molar-refractivity contribution in [2.24, 2.45) is 0 Å². The Labute approximate surface area is 108 Å². The number of aromatic amines is 1. The smallest absolute Gasteiger partial charge is 0.267 e. The molecule has 5 heteroatoms. The third-order valence-electron chi connectivity index (χ3n) is 1.90. The number of nitrogens with zero attached hydrogens (tertiary/aromatic N) is 1. The molecule has 2 aromatic rings. The summed E-state index contributed by atoms with van der Waals surface area (Å²) in [5, 5.41) is 6.40. The van der Waals surface area contributed by atoms with Gasteiger partial charge < -0.3 is 0 Å². The highest BCUT2D eigenvalue weighted by Crippen LogP contribution is 2.18. The maximum absolute atomic E-state index is 11.1. The van der Waals surface area contributed by atoms with Crippen molar-refractivity contribution in [1.82, 2.24) is 10.2 Å². The lowest BCUT2D eigenvalue weighted by atomic mass is 10.1. The number of halogens is 2. The molecule has 1 aromatic heterocycles. The van der Waals surface area contributed by atoms with Crippen LogP contribution >= 0.6 is 38.5 Å². The van der Waals surface area contributed by atoms with Crippen LogP contribution in [0.4, 0.5) is 0 Å². The lowest BCUT2D eigenvalue weighted by molar-refractivity contribution is 0.985. The third kappa shape index (κ3) is 2.46. The second kappa shape index (κ2) is 4.44. The fraction of sp³-hybridized carbons (Fsp3) is 0. The van der Waals surface area contributed by atoms with Gasteiger partial charge in [-0.25, -0.2) is 5.10 Å². The van der Waals surface area contributed by atoms with Crippen LogP contribution in [0.25, 0.3) is 11.3 Å². The molecule has 0 saturated heterocycles. The van der Waals surface area contributed by atoms with Crippen LogP contribution in [0.5, 0.6) is 0 Å². The molecule has 0 atom stereocenters. The summed E-state index contributed by atoms with van der Waals surface area (Å²) in [5.74, 6) is 0. The van der Waals surface area contributed by atoms with E-state index < -0.39 is 0 Å². The van der Waals surface area contributed by atoms with E-state index in [0.29, 0.717) is 4.47 Å². The van der Waals surface area contributed by atoms with Gasteiger partial charge in [-0.2, -0.15) is 5.10 Å². The van der Waals surface area contributed by atoms with Crippen LogP contribution in [0.3, 0.4) is 0 Å². The molecule has 0 radical (unpaired) electrons. The topological polar surface area (TPSA) is 45.8 Å². The van der Waals surface area contributed by atoms with Gasteiger partial charge in [-0.3, -0.25) is 4.79 Å². The van der Waals surface area contributed by atoms with Crippen LogP contribution < -0.4 is 5.56 Å². The first-order chi connectivity index (χ1) is 7.16. The van der Waals surface area contributed by atoms with Crippen molar-refractivity contribution in [3.8, 4) is 11.3 Å². The molecule has 0 bridgehead atoms. The van der Waals surface area contributed by atoms with Crippen molar-refractivity contribution in [2.45, 2.75) is 0 Å². The first kappa shape index (κ1) is 10.8. The van der Waals surface area contributed by atoms with Gasteiger partial charge in [-0.1, -0.05) is 12.1 Å². The molecule has 0 unspecified atom stereocenters. The molecular formula is C10H6BrIN2O. The van der Waals surface area contributed by atoms with Crippen molar-refractivity contribution < 1.29 is 0 Å². The maximum Gasteiger partial charge on any atom is 0.278 e. The molecule has 0 aliphatic heterocycles. The lowest BCUT2D eigenvalue weighted by Gasteiger charge is -2.00. The van der Waals surface area contributed by atoms with E-state index in [1.54, 1.807) is 6.07 Å². The van der Waals surface area contributed by atoms with Crippen LogP contribution in [0.1, 0.15) is 0 Å². The van der Waals surface area contributed by atoms with Gasteiger partial charge in [-0.05, 0) is 56.7 Å². The van der Waals surface area contributed by atoms with E-state index in [1.807, 2.05) is 24.3 Å². The summed E-state index contributed by atoms with van der Waals surface area (Å²) in [6, 6.07) is 9.64. The Hall–Kier alpha value is -0.690. The fourth-order valence-corrected chi connectivity index (χ4v) is 1.82. The number of hydrogen-bond donors (Lipinski definition) is 1. The molecule has 0 saturated carbocycles. The van der Waals surface area contributed by atoms with E-state index in [4.69, 9.17) is 0 Å². The van der Waals surface area contributed by atoms with E-state index >= 15 is 0 Å². The molecule has 1 heterocycles. The van der Waals surface area contributed by atoms with E-state index in [9.17, 15) is 4.79 Å². The summed E-state index contributed by atoms with van der Waals surface area (Å²) in [6.45, 7) is 0. The maximum atomic E-state index is 11.1. The molecule has 0 aliphatic rings. The van der Waals surface area contributed by atoms with Gasteiger partial charge >= 0.3 is 0 Å². The second-order valence-electron chi connectivity index (χ2n) is 2.94. The summed E-state index contributed by atoms with van der Waals surface area (Å²) in [4.78, 5) is 11.1. The Morgan fingerprint density at radius 3 is 2.53 bits per heavy atom.